The van der Waals surface area contributed by atoms with Crippen LogP contribution in [0.15, 0.2) is 18.2 Å². The third-order valence-electron chi connectivity index (χ3n) is 3.85. The molecule has 2 N–H and O–H groups in total. The highest BCUT2D eigenvalue weighted by Crippen LogP contribution is 2.26. The number of non-ortho nitro benzene ring substituents is 1. The first-order valence-electron chi connectivity index (χ1n) is 7.00. The van der Waals surface area contributed by atoms with Crippen molar-refractivity contribution in [2.24, 2.45) is 5.92 Å². The molecule has 0 amide bonds. The van der Waals surface area contributed by atoms with E-state index in [1.165, 1.54) is 24.6 Å². The molecule has 0 saturated heterocycles. The Bertz CT molecular complexity index is 550. The van der Waals surface area contributed by atoms with Crippen LogP contribution >= 0.6 is 12.2 Å². The molecule has 1 aromatic carbocycles. The van der Waals surface area contributed by atoms with Crippen molar-refractivity contribution in [3.05, 3.63) is 28.3 Å². The minimum atomic E-state index is -0.537. The summed E-state index contributed by atoms with van der Waals surface area (Å²) in [5, 5.41) is 28.8. The Labute approximate surface area is 128 Å². The molecule has 1 aliphatic carbocycles. The van der Waals surface area contributed by atoms with Gasteiger partial charge in [0.1, 0.15) is 0 Å². The Morgan fingerprint density at radius 2 is 2.10 bits per heavy atom. The minimum Gasteiger partial charge on any atom is -0.871 e. The van der Waals surface area contributed by atoms with Crippen LogP contribution in [0.2, 0.25) is 0 Å². The van der Waals surface area contributed by atoms with Crippen LogP contribution in [0.1, 0.15) is 32.6 Å². The lowest BCUT2D eigenvalue weighted by atomic mass is 9.86. The van der Waals surface area contributed by atoms with Gasteiger partial charge < -0.3 is 15.7 Å². The molecule has 0 aliphatic heterocycles. The maximum Gasteiger partial charge on any atom is 0.271 e. The lowest BCUT2D eigenvalue weighted by molar-refractivity contribution is -0.385. The molecule has 0 aromatic heterocycles. The number of nitro groups is 1. The molecular formula is C14H18N3O3S-. The van der Waals surface area contributed by atoms with Gasteiger partial charge in [0.25, 0.3) is 5.69 Å². The summed E-state index contributed by atoms with van der Waals surface area (Å²) in [6.45, 7) is 2.17. The molecule has 0 heterocycles. The van der Waals surface area contributed by atoms with Crippen molar-refractivity contribution in [2.75, 3.05) is 5.32 Å². The third kappa shape index (κ3) is 4.04. The van der Waals surface area contributed by atoms with Crippen LogP contribution in [-0.4, -0.2) is 16.1 Å². The largest absolute Gasteiger partial charge is 0.871 e. The summed E-state index contributed by atoms with van der Waals surface area (Å²) in [5.41, 5.74) is -0.00361. The van der Waals surface area contributed by atoms with Crippen molar-refractivity contribution >= 4 is 28.7 Å². The molecule has 0 bridgehead atoms. The van der Waals surface area contributed by atoms with E-state index in [9.17, 15) is 15.2 Å². The van der Waals surface area contributed by atoms with E-state index < -0.39 is 4.92 Å². The van der Waals surface area contributed by atoms with Gasteiger partial charge >= 0.3 is 0 Å². The van der Waals surface area contributed by atoms with Crippen molar-refractivity contribution in [3.8, 4) is 5.75 Å². The summed E-state index contributed by atoms with van der Waals surface area (Å²) in [6, 6.07) is 3.85. The van der Waals surface area contributed by atoms with Crippen molar-refractivity contribution in [2.45, 2.75) is 38.6 Å². The van der Waals surface area contributed by atoms with E-state index in [4.69, 9.17) is 12.2 Å². The summed E-state index contributed by atoms with van der Waals surface area (Å²) in [7, 11) is 0. The van der Waals surface area contributed by atoms with Crippen molar-refractivity contribution in [1.82, 2.24) is 5.32 Å². The van der Waals surface area contributed by atoms with Gasteiger partial charge in [-0.15, -0.1) is 0 Å². The average Bonchev–Trinajstić information content (AvgIpc) is 2.43. The molecule has 2 atom stereocenters. The summed E-state index contributed by atoms with van der Waals surface area (Å²) in [6.07, 6.45) is 4.59. The second-order valence-corrected chi connectivity index (χ2v) is 5.81. The molecule has 1 saturated carbocycles. The van der Waals surface area contributed by atoms with Gasteiger partial charge in [-0.3, -0.25) is 10.1 Å². The molecule has 1 aromatic rings. The molecule has 6 nitrogen and oxygen atoms in total. The van der Waals surface area contributed by atoms with Crippen LogP contribution < -0.4 is 15.7 Å². The fourth-order valence-electron chi connectivity index (χ4n) is 2.59. The van der Waals surface area contributed by atoms with Gasteiger partial charge in [0, 0.05) is 23.9 Å². The van der Waals surface area contributed by atoms with E-state index in [2.05, 4.69) is 17.6 Å². The van der Waals surface area contributed by atoms with Gasteiger partial charge in [0.15, 0.2) is 5.11 Å². The zero-order valence-corrected chi connectivity index (χ0v) is 12.6. The molecule has 0 spiro atoms. The zero-order chi connectivity index (χ0) is 15.4. The first kappa shape index (κ1) is 15.5. The Morgan fingerprint density at radius 1 is 1.38 bits per heavy atom. The fourth-order valence-corrected chi connectivity index (χ4v) is 2.85. The molecule has 0 unspecified atom stereocenters. The number of hydrogen-bond donors (Lipinski definition) is 2. The molecule has 114 valence electrons. The van der Waals surface area contributed by atoms with E-state index in [0.717, 1.165) is 19.3 Å². The molecule has 1 fully saturated rings. The van der Waals surface area contributed by atoms with Gasteiger partial charge in [-0.25, -0.2) is 0 Å². The van der Waals surface area contributed by atoms with Gasteiger partial charge in [-0.05, 0) is 31.0 Å². The maximum absolute atomic E-state index is 11.7. The van der Waals surface area contributed by atoms with Gasteiger partial charge in [0.05, 0.1) is 4.92 Å². The van der Waals surface area contributed by atoms with Crippen molar-refractivity contribution in [1.29, 1.82) is 0 Å². The second-order valence-electron chi connectivity index (χ2n) is 5.40. The lowest BCUT2D eigenvalue weighted by Gasteiger charge is -2.30. The topological polar surface area (TPSA) is 90.3 Å². The number of thiocarbonyl (C=S) groups is 1. The number of anilines is 1. The Hall–Kier alpha value is -1.89. The van der Waals surface area contributed by atoms with Crippen LogP contribution in [0.4, 0.5) is 11.4 Å². The molecule has 21 heavy (non-hydrogen) atoms. The lowest BCUT2D eigenvalue weighted by Crippen LogP contribution is -2.43. The second kappa shape index (κ2) is 6.71. The van der Waals surface area contributed by atoms with Crippen LogP contribution in [0.25, 0.3) is 0 Å². The van der Waals surface area contributed by atoms with Crippen LogP contribution in [0.3, 0.4) is 0 Å². The van der Waals surface area contributed by atoms with Crippen molar-refractivity contribution < 1.29 is 10.0 Å². The number of hydrogen-bond acceptors (Lipinski definition) is 4. The van der Waals surface area contributed by atoms with E-state index >= 15 is 0 Å². The van der Waals surface area contributed by atoms with Gasteiger partial charge in [0.2, 0.25) is 0 Å². The predicted molar refractivity (Wildman–Crippen MR) is 83.3 cm³/mol. The Kier molecular flexibility index (Phi) is 4.95. The quantitative estimate of drug-likeness (QED) is 0.506. The molecular weight excluding hydrogens is 290 g/mol. The smallest absolute Gasteiger partial charge is 0.271 e. The summed E-state index contributed by atoms with van der Waals surface area (Å²) in [4.78, 5) is 10.2. The molecule has 2 rings (SSSR count). The molecule has 7 heteroatoms. The highest BCUT2D eigenvalue weighted by Gasteiger charge is 2.21. The standard InChI is InChI=1S/C14H19N3O3S/c1-9-4-2-3-5-11(9)15-14(21)16-12-8-10(17(19)20)6-7-13(12)18/h6-9,11,18H,2-5H2,1H3,(H2,15,16,21)/p-1/t9-,11+/m1/s1. The van der Waals surface area contributed by atoms with Gasteiger partial charge in [-0.2, -0.15) is 0 Å². The molecule has 1 aliphatic rings. The zero-order valence-electron chi connectivity index (χ0n) is 11.8. The number of nitro benzene ring substituents is 1. The van der Waals surface area contributed by atoms with E-state index in [0.29, 0.717) is 11.0 Å². The summed E-state index contributed by atoms with van der Waals surface area (Å²) >= 11 is 5.21. The monoisotopic (exact) mass is 308 g/mol. The van der Waals surface area contributed by atoms with Crippen LogP contribution in [-0.2, 0) is 0 Å². The Balaban J connectivity index is 2.02. The highest BCUT2D eigenvalue weighted by molar-refractivity contribution is 7.80. The summed E-state index contributed by atoms with van der Waals surface area (Å²) in [5.74, 6) is 0.205. The minimum absolute atomic E-state index is 0.130. The average molecular weight is 308 g/mol. The normalized spacial score (nSPS) is 21.6. The van der Waals surface area contributed by atoms with Gasteiger partial charge in [-0.1, -0.05) is 31.6 Å². The third-order valence-corrected chi connectivity index (χ3v) is 4.07. The van der Waals surface area contributed by atoms with E-state index in [1.54, 1.807) is 0 Å². The maximum atomic E-state index is 11.7. The highest BCUT2D eigenvalue weighted by atomic mass is 32.1. The van der Waals surface area contributed by atoms with Crippen molar-refractivity contribution in [3.63, 3.8) is 0 Å². The number of nitrogens with zero attached hydrogens (tertiary/aromatic N) is 1. The first-order valence-corrected chi connectivity index (χ1v) is 7.41. The van der Waals surface area contributed by atoms with E-state index in [-0.39, 0.29) is 23.2 Å². The predicted octanol–water partition coefficient (Wildman–Crippen LogP) is 2.53. The van der Waals surface area contributed by atoms with Crippen LogP contribution in [0, 0.1) is 16.0 Å². The number of nitrogens with one attached hydrogen (secondary N) is 2. The van der Waals surface area contributed by atoms with E-state index in [1.807, 2.05) is 0 Å². The fraction of sp³-hybridized carbons (Fsp3) is 0.500. The van der Waals surface area contributed by atoms with Crippen LogP contribution in [0.5, 0.6) is 5.75 Å². The summed E-state index contributed by atoms with van der Waals surface area (Å²) < 4.78 is 0. The first-order chi connectivity index (χ1) is 9.97. The number of benzene rings is 1. The SMILES string of the molecule is C[C@@H]1CCCC[C@@H]1NC(=S)Nc1cc([N+](=O)[O-])ccc1[O-]. The molecule has 0 radical (unpaired) electrons. The Morgan fingerprint density at radius 3 is 2.76 bits per heavy atom. The number of rotatable bonds is 3.